The number of amides is 1. The number of ether oxygens (including phenoxy) is 2. The number of methoxy groups -OCH3 is 1. The Hall–Kier alpha value is -2.27. The van der Waals surface area contributed by atoms with Gasteiger partial charge in [-0.05, 0) is 42.5 Å². The Balaban J connectivity index is 1.85. The molecule has 0 aliphatic rings. The number of nitrogens with one attached hydrogen (secondary N) is 1. The van der Waals surface area contributed by atoms with Gasteiger partial charge in [-0.3, -0.25) is 4.79 Å². The van der Waals surface area contributed by atoms with E-state index in [9.17, 15) is 9.18 Å². The van der Waals surface area contributed by atoms with Gasteiger partial charge in [-0.25, -0.2) is 4.39 Å². The minimum Gasteiger partial charge on any atom is -0.495 e. The van der Waals surface area contributed by atoms with Gasteiger partial charge in [0.05, 0.1) is 25.8 Å². The first-order valence-corrected chi connectivity index (χ1v) is 6.98. The maximum absolute atomic E-state index is 12.7. The van der Waals surface area contributed by atoms with Crippen molar-refractivity contribution in [3.8, 4) is 11.5 Å². The molecule has 116 valence electrons. The SMILES string of the molecule is COc1ccc(Cl)cc1NC(=O)CCOc1ccc(F)cc1. The van der Waals surface area contributed by atoms with Gasteiger partial charge in [0, 0.05) is 5.02 Å². The van der Waals surface area contributed by atoms with E-state index in [1.165, 1.54) is 31.4 Å². The van der Waals surface area contributed by atoms with Crippen LogP contribution in [0.25, 0.3) is 0 Å². The summed E-state index contributed by atoms with van der Waals surface area (Å²) in [5.74, 6) is 0.465. The standard InChI is InChI=1S/C16H15ClFNO3/c1-21-15-7-2-11(17)10-14(15)19-16(20)8-9-22-13-5-3-12(18)4-6-13/h2-7,10H,8-9H2,1H3,(H,19,20). The molecule has 0 bridgehead atoms. The highest BCUT2D eigenvalue weighted by molar-refractivity contribution is 6.31. The summed E-state index contributed by atoms with van der Waals surface area (Å²) in [6.45, 7) is 0.181. The Morgan fingerprint density at radius 3 is 2.64 bits per heavy atom. The van der Waals surface area contributed by atoms with Crippen LogP contribution >= 0.6 is 11.6 Å². The van der Waals surface area contributed by atoms with E-state index in [1.54, 1.807) is 18.2 Å². The molecule has 1 amide bonds. The molecule has 1 N–H and O–H groups in total. The number of hydrogen-bond acceptors (Lipinski definition) is 3. The predicted molar refractivity (Wildman–Crippen MR) is 83.1 cm³/mol. The first-order valence-electron chi connectivity index (χ1n) is 6.60. The number of carbonyl (C=O) groups excluding carboxylic acids is 1. The van der Waals surface area contributed by atoms with E-state index in [0.29, 0.717) is 22.2 Å². The molecule has 6 heteroatoms. The highest BCUT2D eigenvalue weighted by Crippen LogP contribution is 2.27. The summed E-state index contributed by atoms with van der Waals surface area (Å²) in [6.07, 6.45) is 0.146. The van der Waals surface area contributed by atoms with E-state index >= 15 is 0 Å². The number of benzene rings is 2. The normalized spacial score (nSPS) is 10.1. The van der Waals surface area contributed by atoms with Crippen LogP contribution in [-0.2, 0) is 4.79 Å². The molecule has 4 nitrogen and oxygen atoms in total. The van der Waals surface area contributed by atoms with Crippen LogP contribution in [0.2, 0.25) is 5.02 Å². The van der Waals surface area contributed by atoms with E-state index in [-0.39, 0.29) is 24.8 Å². The Kier molecular flexibility index (Phi) is 5.61. The number of carbonyl (C=O) groups is 1. The van der Waals surface area contributed by atoms with Gasteiger partial charge >= 0.3 is 0 Å². The maximum atomic E-state index is 12.7. The first-order chi connectivity index (χ1) is 10.6. The summed E-state index contributed by atoms with van der Waals surface area (Å²) in [5, 5.41) is 3.21. The van der Waals surface area contributed by atoms with Gasteiger partial charge in [-0.1, -0.05) is 11.6 Å². The summed E-state index contributed by atoms with van der Waals surface area (Å²) in [5.41, 5.74) is 0.502. The van der Waals surface area contributed by atoms with Crippen molar-refractivity contribution in [2.45, 2.75) is 6.42 Å². The lowest BCUT2D eigenvalue weighted by atomic mass is 10.2. The van der Waals surface area contributed by atoms with Gasteiger partial charge in [0.15, 0.2) is 0 Å². The summed E-state index contributed by atoms with van der Waals surface area (Å²) < 4.78 is 23.3. The van der Waals surface area contributed by atoms with Crippen LogP contribution < -0.4 is 14.8 Å². The van der Waals surface area contributed by atoms with Crippen LogP contribution in [0.5, 0.6) is 11.5 Å². The van der Waals surface area contributed by atoms with E-state index in [4.69, 9.17) is 21.1 Å². The van der Waals surface area contributed by atoms with E-state index in [2.05, 4.69) is 5.32 Å². The lowest BCUT2D eigenvalue weighted by Gasteiger charge is -2.11. The lowest BCUT2D eigenvalue weighted by Crippen LogP contribution is -2.15. The molecule has 0 aliphatic heterocycles. The molecule has 0 saturated carbocycles. The smallest absolute Gasteiger partial charge is 0.227 e. The first kappa shape index (κ1) is 16.1. The number of hydrogen-bond donors (Lipinski definition) is 1. The highest BCUT2D eigenvalue weighted by Gasteiger charge is 2.08. The zero-order chi connectivity index (χ0) is 15.9. The van der Waals surface area contributed by atoms with Crippen molar-refractivity contribution in [2.24, 2.45) is 0 Å². The van der Waals surface area contributed by atoms with Gasteiger partial charge in [0.2, 0.25) is 5.91 Å². The Bertz CT molecular complexity index is 646. The lowest BCUT2D eigenvalue weighted by molar-refractivity contribution is -0.116. The van der Waals surface area contributed by atoms with Crippen LogP contribution in [-0.4, -0.2) is 19.6 Å². The molecule has 0 spiro atoms. The van der Waals surface area contributed by atoms with Crippen molar-refractivity contribution < 1.29 is 18.7 Å². The zero-order valence-electron chi connectivity index (χ0n) is 11.9. The molecular weight excluding hydrogens is 309 g/mol. The molecule has 2 rings (SSSR count). The second kappa shape index (κ2) is 7.66. The molecule has 0 unspecified atom stereocenters. The van der Waals surface area contributed by atoms with Crippen molar-refractivity contribution in [2.75, 3.05) is 19.0 Å². The molecule has 0 heterocycles. The fourth-order valence-corrected chi connectivity index (χ4v) is 1.96. The fraction of sp³-hybridized carbons (Fsp3) is 0.188. The molecule has 2 aromatic carbocycles. The Morgan fingerprint density at radius 1 is 1.23 bits per heavy atom. The van der Waals surface area contributed by atoms with Crippen LogP contribution in [0.4, 0.5) is 10.1 Å². The summed E-state index contributed by atoms with van der Waals surface area (Å²) >= 11 is 5.89. The van der Waals surface area contributed by atoms with Gasteiger partial charge in [0.1, 0.15) is 17.3 Å². The third kappa shape index (κ3) is 4.63. The minimum absolute atomic E-state index is 0.146. The quantitative estimate of drug-likeness (QED) is 0.877. The van der Waals surface area contributed by atoms with E-state index in [0.717, 1.165) is 0 Å². The third-order valence-corrected chi connectivity index (χ3v) is 3.08. The van der Waals surface area contributed by atoms with Crippen LogP contribution in [0.1, 0.15) is 6.42 Å². The summed E-state index contributed by atoms with van der Waals surface area (Å²) in [4.78, 5) is 11.9. The maximum Gasteiger partial charge on any atom is 0.227 e. The van der Waals surface area contributed by atoms with Crippen LogP contribution in [0.15, 0.2) is 42.5 Å². The zero-order valence-corrected chi connectivity index (χ0v) is 12.7. The average Bonchev–Trinajstić information content (AvgIpc) is 2.49. The molecule has 22 heavy (non-hydrogen) atoms. The number of rotatable bonds is 6. The third-order valence-electron chi connectivity index (χ3n) is 2.85. The van der Waals surface area contributed by atoms with Crippen molar-refractivity contribution in [1.29, 1.82) is 0 Å². The van der Waals surface area contributed by atoms with Crippen molar-refractivity contribution in [3.63, 3.8) is 0 Å². The van der Waals surface area contributed by atoms with Gasteiger partial charge < -0.3 is 14.8 Å². The topological polar surface area (TPSA) is 47.6 Å². The van der Waals surface area contributed by atoms with E-state index < -0.39 is 0 Å². The van der Waals surface area contributed by atoms with Crippen molar-refractivity contribution in [3.05, 3.63) is 53.3 Å². The molecule has 0 atom stereocenters. The molecule has 0 aromatic heterocycles. The summed E-state index contributed by atoms with van der Waals surface area (Å²) in [6, 6.07) is 10.6. The Morgan fingerprint density at radius 2 is 1.95 bits per heavy atom. The Labute approximate surface area is 132 Å². The molecule has 0 fully saturated rings. The van der Waals surface area contributed by atoms with E-state index in [1.807, 2.05) is 0 Å². The van der Waals surface area contributed by atoms with Crippen LogP contribution in [0.3, 0.4) is 0 Å². The average molecular weight is 324 g/mol. The molecular formula is C16H15ClFNO3. The number of anilines is 1. The van der Waals surface area contributed by atoms with Crippen LogP contribution in [0, 0.1) is 5.82 Å². The summed E-state index contributed by atoms with van der Waals surface area (Å²) in [7, 11) is 1.51. The van der Waals surface area contributed by atoms with Crippen molar-refractivity contribution in [1.82, 2.24) is 0 Å². The molecule has 0 saturated heterocycles. The van der Waals surface area contributed by atoms with Gasteiger partial charge in [-0.15, -0.1) is 0 Å². The van der Waals surface area contributed by atoms with Gasteiger partial charge in [-0.2, -0.15) is 0 Å². The monoisotopic (exact) mass is 323 g/mol. The fourth-order valence-electron chi connectivity index (χ4n) is 1.78. The van der Waals surface area contributed by atoms with Gasteiger partial charge in [0.25, 0.3) is 0 Å². The largest absolute Gasteiger partial charge is 0.495 e. The minimum atomic E-state index is -0.335. The molecule has 0 aliphatic carbocycles. The highest BCUT2D eigenvalue weighted by atomic mass is 35.5. The van der Waals surface area contributed by atoms with Crippen molar-refractivity contribution >= 4 is 23.2 Å². The second-order valence-corrected chi connectivity index (χ2v) is 4.88. The second-order valence-electron chi connectivity index (χ2n) is 4.45. The number of halogens is 2. The molecule has 2 aromatic rings. The predicted octanol–water partition coefficient (Wildman–Crippen LogP) is 3.90. The molecule has 0 radical (unpaired) electrons.